The van der Waals surface area contributed by atoms with Gasteiger partial charge in [-0.3, -0.25) is 9.59 Å². The molecule has 1 rings (SSSR count). The van der Waals surface area contributed by atoms with E-state index >= 15 is 0 Å². The summed E-state index contributed by atoms with van der Waals surface area (Å²) in [6.07, 6.45) is 0. The van der Waals surface area contributed by atoms with Gasteiger partial charge in [0.1, 0.15) is 0 Å². The lowest BCUT2D eigenvalue weighted by molar-refractivity contribution is -0.117. The number of nitrogens with two attached hydrogens (primary N) is 1. The van der Waals surface area contributed by atoms with E-state index in [4.69, 9.17) is 17.3 Å². The molecule has 0 unspecified atom stereocenters. The van der Waals surface area contributed by atoms with Crippen molar-refractivity contribution in [3.63, 3.8) is 0 Å². The quantitative estimate of drug-likeness (QED) is 0.767. The Labute approximate surface area is 104 Å². The lowest BCUT2D eigenvalue weighted by Gasteiger charge is -2.10. The van der Waals surface area contributed by atoms with Crippen molar-refractivity contribution >= 4 is 34.8 Å². The van der Waals surface area contributed by atoms with Crippen LogP contribution in [-0.4, -0.2) is 17.9 Å². The Kier molecular flexibility index (Phi) is 4.48. The predicted molar refractivity (Wildman–Crippen MR) is 68.0 cm³/mol. The molecule has 0 saturated carbocycles. The molecule has 1 atom stereocenters. The molecule has 0 aliphatic rings. The maximum absolute atomic E-state index is 11.3. The van der Waals surface area contributed by atoms with Crippen LogP contribution in [-0.2, 0) is 9.59 Å². The number of hydrogen-bond donors (Lipinski definition) is 3. The average Bonchev–Trinajstić information content (AvgIpc) is 2.21. The largest absolute Gasteiger partial charge is 0.325 e. The molecule has 0 aromatic heterocycles. The zero-order valence-electron chi connectivity index (χ0n) is 9.58. The summed E-state index contributed by atoms with van der Waals surface area (Å²) in [6, 6.07) is 4.20. The highest BCUT2D eigenvalue weighted by molar-refractivity contribution is 6.34. The number of benzene rings is 1. The zero-order chi connectivity index (χ0) is 13.0. The molecule has 0 saturated heterocycles. The normalized spacial score (nSPS) is 11.8. The highest BCUT2D eigenvalue weighted by atomic mass is 35.5. The lowest BCUT2D eigenvalue weighted by atomic mass is 10.2. The van der Waals surface area contributed by atoms with Crippen molar-refractivity contribution in [3.05, 3.63) is 23.2 Å². The van der Waals surface area contributed by atoms with Crippen LogP contribution in [0.5, 0.6) is 0 Å². The van der Waals surface area contributed by atoms with Crippen LogP contribution in [0.1, 0.15) is 13.8 Å². The lowest BCUT2D eigenvalue weighted by Crippen LogP contribution is -2.32. The van der Waals surface area contributed by atoms with E-state index < -0.39 is 6.04 Å². The van der Waals surface area contributed by atoms with Crippen LogP contribution in [0.25, 0.3) is 0 Å². The maximum atomic E-state index is 11.3. The second-order valence-corrected chi connectivity index (χ2v) is 4.06. The molecule has 0 radical (unpaired) electrons. The van der Waals surface area contributed by atoms with Gasteiger partial charge in [0.25, 0.3) is 0 Å². The van der Waals surface area contributed by atoms with E-state index in [9.17, 15) is 9.59 Å². The minimum Gasteiger partial charge on any atom is -0.325 e. The molecule has 0 bridgehead atoms. The van der Waals surface area contributed by atoms with Crippen molar-refractivity contribution in [2.45, 2.75) is 19.9 Å². The van der Waals surface area contributed by atoms with E-state index in [0.717, 1.165) is 0 Å². The number of anilines is 2. The number of hydrogen-bond acceptors (Lipinski definition) is 3. The topological polar surface area (TPSA) is 84.2 Å². The Hall–Kier alpha value is -1.59. The third-order valence-corrected chi connectivity index (χ3v) is 2.27. The van der Waals surface area contributed by atoms with Crippen LogP contribution >= 0.6 is 11.6 Å². The first kappa shape index (κ1) is 13.5. The molecule has 92 valence electrons. The third kappa shape index (κ3) is 4.05. The van der Waals surface area contributed by atoms with Crippen molar-refractivity contribution in [2.75, 3.05) is 10.6 Å². The molecule has 4 N–H and O–H groups in total. The van der Waals surface area contributed by atoms with Gasteiger partial charge >= 0.3 is 0 Å². The Morgan fingerprint density at radius 3 is 2.47 bits per heavy atom. The molecular weight excluding hydrogens is 242 g/mol. The van der Waals surface area contributed by atoms with Gasteiger partial charge in [0.2, 0.25) is 11.8 Å². The Morgan fingerprint density at radius 1 is 1.35 bits per heavy atom. The van der Waals surface area contributed by atoms with Gasteiger partial charge in [0.15, 0.2) is 0 Å². The van der Waals surface area contributed by atoms with E-state index in [1.54, 1.807) is 25.1 Å². The van der Waals surface area contributed by atoms with Crippen molar-refractivity contribution in [3.8, 4) is 0 Å². The summed E-state index contributed by atoms with van der Waals surface area (Å²) in [6.45, 7) is 2.98. The summed E-state index contributed by atoms with van der Waals surface area (Å²) in [7, 11) is 0. The average molecular weight is 256 g/mol. The molecule has 0 aliphatic heterocycles. The summed E-state index contributed by atoms with van der Waals surface area (Å²) in [5.74, 6) is -0.507. The van der Waals surface area contributed by atoms with E-state index in [2.05, 4.69) is 10.6 Å². The molecule has 1 aromatic rings. The summed E-state index contributed by atoms with van der Waals surface area (Å²) in [5.41, 5.74) is 6.45. The molecule has 0 aliphatic carbocycles. The number of carbonyl (C=O) groups is 2. The van der Waals surface area contributed by atoms with Gasteiger partial charge in [0.05, 0.1) is 16.8 Å². The predicted octanol–water partition coefficient (Wildman–Crippen LogP) is 1.58. The van der Waals surface area contributed by atoms with E-state index in [0.29, 0.717) is 16.4 Å². The van der Waals surface area contributed by atoms with Gasteiger partial charge in [-0.05, 0) is 25.1 Å². The highest BCUT2D eigenvalue weighted by Gasteiger charge is 2.09. The number of carbonyl (C=O) groups excluding carboxylic acids is 2. The van der Waals surface area contributed by atoms with Gasteiger partial charge in [-0.1, -0.05) is 11.6 Å². The fourth-order valence-corrected chi connectivity index (χ4v) is 1.37. The van der Waals surface area contributed by atoms with Gasteiger partial charge in [-0.2, -0.15) is 0 Å². The molecule has 6 heteroatoms. The van der Waals surface area contributed by atoms with Crippen molar-refractivity contribution in [1.82, 2.24) is 0 Å². The van der Waals surface area contributed by atoms with Crippen LogP contribution in [0, 0.1) is 0 Å². The van der Waals surface area contributed by atoms with Gasteiger partial charge in [-0.15, -0.1) is 0 Å². The maximum Gasteiger partial charge on any atom is 0.240 e. The van der Waals surface area contributed by atoms with E-state index in [-0.39, 0.29) is 11.8 Å². The summed E-state index contributed by atoms with van der Waals surface area (Å²) < 4.78 is 0. The van der Waals surface area contributed by atoms with Gasteiger partial charge in [-0.25, -0.2) is 0 Å². The Bertz CT molecular complexity index is 446. The van der Waals surface area contributed by atoms with Crippen LogP contribution in [0.15, 0.2) is 18.2 Å². The summed E-state index contributed by atoms with van der Waals surface area (Å²) in [5, 5.41) is 5.52. The number of amides is 2. The third-order valence-electron chi connectivity index (χ3n) is 1.96. The standard InChI is InChI=1S/C11H14ClN3O2/c1-6(13)11(17)15-8-3-4-10(9(12)5-8)14-7(2)16/h3-6H,13H2,1-2H3,(H,14,16)(H,15,17)/t6-/m0/s1. The first-order valence-electron chi connectivity index (χ1n) is 5.03. The van der Waals surface area contributed by atoms with Gasteiger partial charge in [0, 0.05) is 12.6 Å². The second kappa shape index (κ2) is 5.65. The second-order valence-electron chi connectivity index (χ2n) is 3.65. The fraction of sp³-hybridized carbons (Fsp3) is 0.273. The van der Waals surface area contributed by atoms with Crippen LogP contribution in [0.2, 0.25) is 5.02 Å². The van der Waals surface area contributed by atoms with Crippen LogP contribution in [0.4, 0.5) is 11.4 Å². The SMILES string of the molecule is CC(=O)Nc1ccc(NC(=O)[C@H](C)N)cc1Cl. The Balaban J connectivity index is 2.82. The molecule has 0 heterocycles. The first-order chi connectivity index (χ1) is 7.90. The molecular formula is C11H14ClN3O2. The highest BCUT2D eigenvalue weighted by Crippen LogP contribution is 2.25. The fourth-order valence-electron chi connectivity index (χ4n) is 1.14. The van der Waals surface area contributed by atoms with Crippen LogP contribution < -0.4 is 16.4 Å². The number of nitrogens with one attached hydrogen (secondary N) is 2. The molecule has 17 heavy (non-hydrogen) atoms. The molecule has 1 aromatic carbocycles. The molecule has 2 amide bonds. The van der Waals surface area contributed by atoms with E-state index in [1.165, 1.54) is 6.92 Å². The smallest absolute Gasteiger partial charge is 0.240 e. The first-order valence-corrected chi connectivity index (χ1v) is 5.41. The zero-order valence-corrected chi connectivity index (χ0v) is 10.3. The van der Waals surface area contributed by atoms with Crippen LogP contribution in [0.3, 0.4) is 0 Å². The van der Waals surface area contributed by atoms with E-state index in [1.807, 2.05) is 0 Å². The van der Waals surface area contributed by atoms with Gasteiger partial charge < -0.3 is 16.4 Å². The monoisotopic (exact) mass is 255 g/mol. The summed E-state index contributed by atoms with van der Waals surface area (Å²) >= 11 is 5.94. The minimum absolute atomic E-state index is 0.209. The number of rotatable bonds is 3. The minimum atomic E-state index is -0.594. The molecule has 5 nitrogen and oxygen atoms in total. The molecule has 0 fully saturated rings. The molecule has 0 spiro atoms. The Morgan fingerprint density at radius 2 is 2.00 bits per heavy atom. The number of halogens is 1. The van der Waals surface area contributed by atoms with Crippen molar-refractivity contribution in [2.24, 2.45) is 5.73 Å². The summed E-state index contributed by atoms with van der Waals surface area (Å²) in [4.78, 5) is 22.2. The van der Waals surface area contributed by atoms with Crippen molar-refractivity contribution in [1.29, 1.82) is 0 Å². The van der Waals surface area contributed by atoms with Crippen molar-refractivity contribution < 1.29 is 9.59 Å².